The van der Waals surface area contributed by atoms with Crippen molar-refractivity contribution in [2.24, 2.45) is 5.92 Å². The van der Waals surface area contributed by atoms with E-state index in [1.807, 2.05) is 36.4 Å². The number of aromatic nitrogens is 2. The molecular weight excluding hydrogens is 440 g/mol. The Balaban J connectivity index is 1.56. The third kappa shape index (κ3) is 6.79. The molecule has 3 rings (SSSR count). The van der Waals surface area contributed by atoms with Crippen molar-refractivity contribution < 1.29 is 19.0 Å². The molecule has 1 atom stereocenters. The molecule has 0 aliphatic rings. The maximum Gasteiger partial charge on any atom is 0.243 e. The molecule has 0 fully saturated rings. The summed E-state index contributed by atoms with van der Waals surface area (Å²) in [6, 6.07) is 15.2. The van der Waals surface area contributed by atoms with Gasteiger partial charge in [-0.3, -0.25) is 10.1 Å². The molecule has 0 saturated heterocycles. The van der Waals surface area contributed by atoms with E-state index in [-0.39, 0.29) is 6.42 Å². The number of anilines is 1. The van der Waals surface area contributed by atoms with E-state index in [9.17, 15) is 10.1 Å². The largest absolute Gasteiger partial charge is 0.493 e. The molecule has 1 unspecified atom stereocenters. The molecule has 0 bridgehead atoms. The summed E-state index contributed by atoms with van der Waals surface area (Å²) in [5.41, 5.74) is 3.34. The molecule has 0 spiro atoms. The van der Waals surface area contributed by atoms with Crippen LogP contribution in [0.2, 0.25) is 0 Å². The lowest BCUT2D eigenvalue weighted by molar-refractivity contribution is -0.118. The number of hydrogen-bond acceptors (Lipinski definition) is 8. The van der Waals surface area contributed by atoms with Gasteiger partial charge in [0.15, 0.2) is 11.5 Å². The Labute approximate surface area is 196 Å². The second-order valence-corrected chi connectivity index (χ2v) is 7.73. The topological polar surface area (TPSA) is 106 Å². The number of carbonyl (C=O) groups is 1. The van der Waals surface area contributed by atoms with Gasteiger partial charge in [-0.05, 0) is 42.2 Å². The Bertz CT molecular complexity index is 1110. The van der Waals surface area contributed by atoms with Crippen molar-refractivity contribution in [1.82, 2.24) is 10.2 Å². The second-order valence-electron chi connectivity index (χ2n) is 6.90. The van der Waals surface area contributed by atoms with Gasteiger partial charge in [-0.1, -0.05) is 41.7 Å². The van der Waals surface area contributed by atoms with E-state index in [2.05, 4.69) is 22.1 Å². The third-order valence-electron chi connectivity index (χ3n) is 4.67. The van der Waals surface area contributed by atoms with Gasteiger partial charge >= 0.3 is 0 Å². The Morgan fingerprint density at radius 1 is 1.21 bits per heavy atom. The minimum absolute atomic E-state index is 0.223. The number of nitriles is 1. The summed E-state index contributed by atoms with van der Waals surface area (Å²) < 4.78 is 17.1. The molecule has 170 valence electrons. The smallest absolute Gasteiger partial charge is 0.243 e. The van der Waals surface area contributed by atoms with E-state index in [0.29, 0.717) is 29.8 Å². The molecule has 1 heterocycles. The summed E-state index contributed by atoms with van der Waals surface area (Å²) in [7, 11) is 1.54. The minimum Gasteiger partial charge on any atom is -0.493 e. The average Bonchev–Trinajstić information content (AvgIpc) is 3.34. The van der Waals surface area contributed by atoms with Crippen LogP contribution < -0.4 is 19.5 Å². The molecule has 2 aromatic carbocycles. The molecule has 9 heteroatoms. The summed E-state index contributed by atoms with van der Waals surface area (Å²) in [5, 5.41) is 19.8. The lowest BCUT2D eigenvalue weighted by Gasteiger charge is -2.14. The molecule has 0 aliphatic carbocycles. The molecule has 0 radical (unpaired) electrons. The van der Waals surface area contributed by atoms with Crippen molar-refractivity contribution >= 4 is 22.4 Å². The SMILES string of the molecule is C=CCc1ccccc1OCCOc1ccc(CC(C#N)C(=O)Nc2nncs2)cc1OC. The number of hydrogen-bond donors (Lipinski definition) is 1. The summed E-state index contributed by atoms with van der Waals surface area (Å²) >= 11 is 1.19. The number of carbonyl (C=O) groups excluding carboxylic acids is 1. The molecule has 1 amide bonds. The normalized spacial score (nSPS) is 11.2. The molecule has 1 N–H and O–H groups in total. The van der Waals surface area contributed by atoms with Crippen LogP contribution >= 0.6 is 11.3 Å². The molecule has 33 heavy (non-hydrogen) atoms. The van der Waals surface area contributed by atoms with Crippen LogP contribution in [0, 0.1) is 17.2 Å². The predicted octanol–water partition coefficient (Wildman–Crippen LogP) is 4.05. The summed E-state index contributed by atoms with van der Waals surface area (Å²) in [4.78, 5) is 12.4. The van der Waals surface area contributed by atoms with Gasteiger partial charge in [0.2, 0.25) is 11.0 Å². The van der Waals surface area contributed by atoms with Crippen LogP contribution in [0.15, 0.2) is 60.6 Å². The van der Waals surface area contributed by atoms with Gasteiger partial charge in [-0.25, -0.2) is 0 Å². The number of amides is 1. The monoisotopic (exact) mass is 464 g/mol. The zero-order valence-electron chi connectivity index (χ0n) is 18.2. The first-order valence-electron chi connectivity index (χ1n) is 10.2. The molecular formula is C24H24N4O4S. The quantitative estimate of drug-likeness (QED) is 0.318. The van der Waals surface area contributed by atoms with Crippen LogP contribution in [-0.2, 0) is 17.6 Å². The van der Waals surface area contributed by atoms with Crippen molar-refractivity contribution in [3.05, 3.63) is 71.8 Å². The Kier molecular flexibility index (Phi) is 8.79. The van der Waals surface area contributed by atoms with Crippen LogP contribution in [0.5, 0.6) is 17.2 Å². The Morgan fingerprint density at radius 2 is 2.00 bits per heavy atom. The van der Waals surface area contributed by atoms with Gasteiger partial charge in [0.05, 0.1) is 13.2 Å². The van der Waals surface area contributed by atoms with Crippen molar-refractivity contribution in [3.8, 4) is 23.3 Å². The number of para-hydroxylation sites is 1. The van der Waals surface area contributed by atoms with Crippen LogP contribution in [-0.4, -0.2) is 36.4 Å². The van der Waals surface area contributed by atoms with Gasteiger partial charge in [0, 0.05) is 0 Å². The highest BCUT2D eigenvalue weighted by Crippen LogP contribution is 2.29. The standard InChI is InChI=1S/C24H24N4O4S/c1-3-6-18-7-4-5-8-20(18)31-11-12-32-21-10-9-17(14-22(21)30-2)13-19(15-25)23(29)27-24-28-26-16-33-24/h3-5,7-10,14,16,19H,1,6,11-13H2,2H3,(H,27,28,29). The second kappa shape index (κ2) is 12.2. The van der Waals surface area contributed by atoms with E-state index in [1.54, 1.807) is 18.2 Å². The molecule has 0 aliphatic heterocycles. The summed E-state index contributed by atoms with van der Waals surface area (Å²) in [6.45, 7) is 4.45. The Hall–Kier alpha value is -3.90. The third-order valence-corrected chi connectivity index (χ3v) is 5.27. The fraction of sp³-hybridized carbons (Fsp3) is 0.250. The highest BCUT2D eigenvalue weighted by molar-refractivity contribution is 7.13. The number of rotatable bonds is 12. The highest BCUT2D eigenvalue weighted by Gasteiger charge is 2.20. The zero-order valence-corrected chi connectivity index (χ0v) is 19.0. The first-order valence-corrected chi connectivity index (χ1v) is 11.1. The fourth-order valence-corrected chi connectivity index (χ4v) is 3.53. The maximum atomic E-state index is 12.4. The first-order chi connectivity index (χ1) is 16.1. The lowest BCUT2D eigenvalue weighted by atomic mass is 9.99. The minimum atomic E-state index is -0.880. The van der Waals surface area contributed by atoms with Gasteiger partial charge in [-0.2, -0.15) is 5.26 Å². The highest BCUT2D eigenvalue weighted by atomic mass is 32.1. The molecule has 8 nitrogen and oxygen atoms in total. The van der Waals surface area contributed by atoms with Gasteiger partial charge in [0.25, 0.3) is 0 Å². The van der Waals surface area contributed by atoms with E-state index >= 15 is 0 Å². The van der Waals surface area contributed by atoms with E-state index < -0.39 is 11.8 Å². The average molecular weight is 465 g/mol. The summed E-state index contributed by atoms with van der Waals surface area (Å²) in [5.74, 6) is 0.561. The number of nitrogens with one attached hydrogen (secondary N) is 1. The van der Waals surface area contributed by atoms with E-state index in [0.717, 1.165) is 23.3 Å². The van der Waals surface area contributed by atoms with Gasteiger partial charge < -0.3 is 14.2 Å². The van der Waals surface area contributed by atoms with Gasteiger partial charge in [0.1, 0.15) is 30.4 Å². The zero-order chi connectivity index (χ0) is 23.5. The predicted molar refractivity (Wildman–Crippen MR) is 126 cm³/mol. The Morgan fingerprint density at radius 3 is 2.70 bits per heavy atom. The maximum absolute atomic E-state index is 12.4. The molecule has 0 saturated carbocycles. The summed E-state index contributed by atoms with van der Waals surface area (Å²) in [6.07, 6.45) is 2.79. The van der Waals surface area contributed by atoms with Crippen molar-refractivity contribution in [2.45, 2.75) is 12.8 Å². The fourth-order valence-electron chi connectivity index (χ4n) is 3.08. The van der Waals surface area contributed by atoms with Crippen LogP contribution in [0.25, 0.3) is 0 Å². The van der Waals surface area contributed by atoms with E-state index in [4.69, 9.17) is 14.2 Å². The number of nitrogens with zero attached hydrogens (tertiary/aromatic N) is 3. The van der Waals surface area contributed by atoms with Crippen LogP contribution in [0.4, 0.5) is 5.13 Å². The van der Waals surface area contributed by atoms with Crippen LogP contribution in [0.3, 0.4) is 0 Å². The number of methoxy groups -OCH3 is 1. The number of ether oxygens (including phenoxy) is 3. The van der Waals surface area contributed by atoms with Crippen molar-refractivity contribution in [2.75, 3.05) is 25.6 Å². The van der Waals surface area contributed by atoms with Crippen molar-refractivity contribution in [3.63, 3.8) is 0 Å². The molecule has 1 aromatic heterocycles. The van der Waals surface area contributed by atoms with Crippen LogP contribution in [0.1, 0.15) is 11.1 Å². The number of allylic oxidation sites excluding steroid dienone is 1. The molecule has 3 aromatic rings. The van der Waals surface area contributed by atoms with Crippen molar-refractivity contribution in [1.29, 1.82) is 5.26 Å². The lowest BCUT2D eigenvalue weighted by Crippen LogP contribution is -2.23. The van der Waals surface area contributed by atoms with E-state index in [1.165, 1.54) is 24.0 Å². The van der Waals surface area contributed by atoms with Gasteiger partial charge in [-0.15, -0.1) is 16.8 Å². The first kappa shape index (κ1) is 23.8. The number of benzene rings is 2.